The van der Waals surface area contributed by atoms with E-state index in [2.05, 4.69) is 31.4 Å². The minimum Gasteiger partial charge on any atom is -0.486 e. The SMILES string of the molecule is O=C(Cc1cc2c(cc1Br)OCCO2)Nc1nncs1. The summed E-state index contributed by atoms with van der Waals surface area (Å²) in [5.74, 6) is 1.20. The molecule has 2 aromatic rings. The van der Waals surface area contributed by atoms with Crippen LogP contribution in [-0.2, 0) is 11.2 Å². The second-order valence-corrected chi connectivity index (χ2v) is 5.74. The van der Waals surface area contributed by atoms with E-state index in [1.54, 1.807) is 5.51 Å². The summed E-state index contributed by atoms with van der Waals surface area (Å²) in [6.45, 7) is 1.06. The van der Waals surface area contributed by atoms with Crippen LogP contribution in [0.4, 0.5) is 5.13 Å². The Morgan fingerprint density at radius 2 is 2.10 bits per heavy atom. The summed E-state index contributed by atoms with van der Waals surface area (Å²) in [5.41, 5.74) is 2.39. The average Bonchev–Trinajstić information content (AvgIpc) is 2.92. The van der Waals surface area contributed by atoms with Crippen LogP contribution >= 0.6 is 27.3 Å². The van der Waals surface area contributed by atoms with Crippen LogP contribution in [0.3, 0.4) is 0 Å². The smallest absolute Gasteiger partial charge is 0.230 e. The molecule has 0 saturated heterocycles. The fourth-order valence-electron chi connectivity index (χ4n) is 1.81. The number of carbonyl (C=O) groups excluding carboxylic acids is 1. The third-order valence-corrected chi connectivity index (χ3v) is 4.01. The zero-order valence-corrected chi connectivity index (χ0v) is 12.7. The summed E-state index contributed by atoms with van der Waals surface area (Å²) in [4.78, 5) is 11.9. The third-order valence-electron chi connectivity index (χ3n) is 2.67. The van der Waals surface area contributed by atoms with Crippen LogP contribution in [0.25, 0.3) is 0 Å². The zero-order valence-electron chi connectivity index (χ0n) is 10.3. The molecule has 1 aliphatic heterocycles. The minimum absolute atomic E-state index is 0.154. The van der Waals surface area contributed by atoms with E-state index in [9.17, 15) is 4.79 Å². The molecule has 1 aliphatic rings. The summed E-state index contributed by atoms with van der Waals surface area (Å²) in [6.07, 6.45) is 0.219. The average molecular weight is 356 g/mol. The van der Waals surface area contributed by atoms with E-state index in [-0.39, 0.29) is 12.3 Å². The predicted molar refractivity (Wildman–Crippen MR) is 77.4 cm³/mol. The monoisotopic (exact) mass is 355 g/mol. The number of aromatic nitrogens is 2. The van der Waals surface area contributed by atoms with Crippen molar-refractivity contribution >= 4 is 38.3 Å². The molecule has 0 bridgehead atoms. The van der Waals surface area contributed by atoms with Crippen molar-refractivity contribution in [3.8, 4) is 11.5 Å². The molecule has 0 radical (unpaired) electrons. The molecule has 0 aliphatic carbocycles. The number of carbonyl (C=O) groups is 1. The van der Waals surface area contributed by atoms with Gasteiger partial charge in [-0.3, -0.25) is 4.79 Å². The summed E-state index contributed by atoms with van der Waals surface area (Å²) in [6, 6.07) is 3.64. The highest BCUT2D eigenvalue weighted by molar-refractivity contribution is 9.10. The van der Waals surface area contributed by atoms with Crippen LogP contribution < -0.4 is 14.8 Å². The molecular formula is C12H10BrN3O3S. The molecule has 104 valence electrons. The standard InChI is InChI=1S/C12H10BrN3O3S/c13-8-5-10-9(18-1-2-19-10)3-7(8)4-11(17)15-12-16-14-6-20-12/h3,5-6H,1-2,4H2,(H,15,16,17). The quantitative estimate of drug-likeness (QED) is 0.913. The molecule has 1 N–H and O–H groups in total. The summed E-state index contributed by atoms with van der Waals surface area (Å²) in [5, 5.41) is 10.6. The van der Waals surface area contributed by atoms with Gasteiger partial charge in [0.2, 0.25) is 11.0 Å². The highest BCUT2D eigenvalue weighted by Gasteiger charge is 2.16. The number of nitrogens with zero attached hydrogens (tertiary/aromatic N) is 2. The maximum atomic E-state index is 11.9. The number of hydrogen-bond donors (Lipinski definition) is 1. The van der Waals surface area contributed by atoms with Gasteiger partial charge in [-0.25, -0.2) is 0 Å². The highest BCUT2D eigenvalue weighted by atomic mass is 79.9. The second-order valence-electron chi connectivity index (χ2n) is 4.06. The first-order valence-corrected chi connectivity index (χ1v) is 7.53. The van der Waals surface area contributed by atoms with E-state index in [1.165, 1.54) is 11.3 Å². The molecule has 1 aromatic carbocycles. The van der Waals surface area contributed by atoms with Gasteiger partial charge >= 0.3 is 0 Å². The maximum Gasteiger partial charge on any atom is 0.230 e. The van der Waals surface area contributed by atoms with Crippen LogP contribution in [0.15, 0.2) is 22.1 Å². The summed E-state index contributed by atoms with van der Waals surface area (Å²) < 4.78 is 11.8. The van der Waals surface area contributed by atoms with Crippen molar-refractivity contribution in [2.75, 3.05) is 18.5 Å². The Kier molecular flexibility index (Phi) is 3.83. The van der Waals surface area contributed by atoms with Crippen molar-refractivity contribution in [1.82, 2.24) is 10.2 Å². The van der Waals surface area contributed by atoms with Gasteiger partial charge in [-0.2, -0.15) is 0 Å². The number of fused-ring (bicyclic) bond motifs is 1. The van der Waals surface area contributed by atoms with Gasteiger partial charge in [0, 0.05) is 4.47 Å². The Bertz CT molecular complexity index is 633. The number of nitrogens with one attached hydrogen (secondary N) is 1. The van der Waals surface area contributed by atoms with E-state index in [4.69, 9.17) is 9.47 Å². The number of hydrogen-bond acceptors (Lipinski definition) is 6. The van der Waals surface area contributed by atoms with Gasteiger partial charge in [-0.05, 0) is 17.7 Å². The van der Waals surface area contributed by atoms with Crippen molar-refractivity contribution in [2.45, 2.75) is 6.42 Å². The number of halogens is 1. The fraction of sp³-hybridized carbons (Fsp3) is 0.250. The molecule has 1 aromatic heterocycles. The van der Waals surface area contributed by atoms with E-state index >= 15 is 0 Å². The zero-order chi connectivity index (χ0) is 13.9. The van der Waals surface area contributed by atoms with Gasteiger partial charge in [-0.15, -0.1) is 10.2 Å². The Balaban J connectivity index is 1.75. The molecule has 0 fully saturated rings. The molecule has 1 amide bonds. The van der Waals surface area contributed by atoms with E-state index in [1.807, 2.05) is 12.1 Å². The van der Waals surface area contributed by atoms with Crippen molar-refractivity contribution in [2.24, 2.45) is 0 Å². The van der Waals surface area contributed by atoms with Gasteiger partial charge in [0.15, 0.2) is 11.5 Å². The molecule has 6 nitrogen and oxygen atoms in total. The molecule has 20 heavy (non-hydrogen) atoms. The maximum absolute atomic E-state index is 11.9. The van der Waals surface area contributed by atoms with Gasteiger partial charge in [0.25, 0.3) is 0 Å². The molecule has 0 saturated carbocycles. The van der Waals surface area contributed by atoms with Gasteiger partial charge in [0.1, 0.15) is 18.7 Å². The predicted octanol–water partition coefficient (Wildman–Crippen LogP) is 2.25. The lowest BCUT2D eigenvalue weighted by atomic mass is 10.1. The van der Waals surface area contributed by atoms with E-state index < -0.39 is 0 Å². The molecule has 8 heteroatoms. The first-order valence-electron chi connectivity index (χ1n) is 5.86. The van der Waals surface area contributed by atoms with Crippen molar-refractivity contribution in [1.29, 1.82) is 0 Å². The highest BCUT2D eigenvalue weighted by Crippen LogP contribution is 2.35. The van der Waals surface area contributed by atoms with Crippen LogP contribution in [0.5, 0.6) is 11.5 Å². The Labute approximate surface area is 127 Å². The first-order chi connectivity index (χ1) is 9.72. The van der Waals surface area contributed by atoms with Crippen LogP contribution in [0.2, 0.25) is 0 Å². The number of benzene rings is 1. The molecular weight excluding hydrogens is 346 g/mol. The molecule has 0 atom stereocenters. The lowest BCUT2D eigenvalue weighted by Crippen LogP contribution is -2.17. The van der Waals surface area contributed by atoms with E-state index in [0.29, 0.717) is 29.8 Å². The molecule has 2 heterocycles. The van der Waals surface area contributed by atoms with Gasteiger partial charge < -0.3 is 14.8 Å². The lowest BCUT2D eigenvalue weighted by molar-refractivity contribution is -0.115. The number of ether oxygens (including phenoxy) is 2. The Morgan fingerprint density at radius 1 is 1.35 bits per heavy atom. The normalized spacial score (nSPS) is 13.1. The Morgan fingerprint density at radius 3 is 2.80 bits per heavy atom. The molecule has 0 spiro atoms. The molecule has 0 unspecified atom stereocenters. The largest absolute Gasteiger partial charge is 0.486 e. The summed E-state index contributed by atoms with van der Waals surface area (Å²) in [7, 11) is 0. The number of anilines is 1. The van der Waals surface area contributed by atoms with Crippen LogP contribution in [0.1, 0.15) is 5.56 Å². The van der Waals surface area contributed by atoms with Crippen molar-refractivity contribution in [3.05, 3.63) is 27.7 Å². The topological polar surface area (TPSA) is 73.3 Å². The van der Waals surface area contributed by atoms with Gasteiger partial charge in [-0.1, -0.05) is 27.3 Å². The van der Waals surface area contributed by atoms with Gasteiger partial charge in [0.05, 0.1) is 6.42 Å². The minimum atomic E-state index is -0.154. The lowest BCUT2D eigenvalue weighted by Gasteiger charge is -2.19. The fourth-order valence-corrected chi connectivity index (χ4v) is 2.73. The first kappa shape index (κ1) is 13.3. The van der Waals surface area contributed by atoms with Crippen LogP contribution in [0, 0.1) is 0 Å². The van der Waals surface area contributed by atoms with E-state index in [0.717, 1.165) is 10.0 Å². The second kappa shape index (κ2) is 5.76. The Hall–Kier alpha value is -1.67. The number of amides is 1. The van der Waals surface area contributed by atoms with Crippen molar-refractivity contribution < 1.29 is 14.3 Å². The number of rotatable bonds is 3. The third kappa shape index (κ3) is 2.91. The molecule has 3 rings (SSSR count). The van der Waals surface area contributed by atoms with Crippen LogP contribution in [-0.4, -0.2) is 29.3 Å². The summed E-state index contributed by atoms with van der Waals surface area (Å²) >= 11 is 4.72. The van der Waals surface area contributed by atoms with Crippen molar-refractivity contribution in [3.63, 3.8) is 0 Å².